The monoisotopic (exact) mass is 452 g/mol. The molecular weight excluding hydrogens is 419 g/mol. The largest absolute Gasteiger partial charge is 0.357 e. The zero-order valence-electron chi connectivity index (χ0n) is 17.8. The number of hydrogen-bond donors (Lipinski definition) is 1. The van der Waals surface area contributed by atoms with Crippen LogP contribution in [0.5, 0.6) is 0 Å². The number of halogens is 2. The Morgan fingerprint density at radius 1 is 1.13 bits per heavy atom. The molecule has 166 valence electrons. The lowest BCUT2D eigenvalue weighted by atomic mass is 9.92. The number of anilines is 1. The molecular formula is C23H34Cl2N4O. The normalized spacial score (nSPS) is 16.0. The highest BCUT2D eigenvalue weighted by Gasteiger charge is 2.29. The number of nitrogens with two attached hydrogens (primary N) is 1. The quantitative estimate of drug-likeness (QED) is 0.678. The Morgan fingerprint density at radius 2 is 1.77 bits per heavy atom. The third-order valence-electron chi connectivity index (χ3n) is 5.87. The van der Waals surface area contributed by atoms with Crippen LogP contribution in [-0.2, 0) is 4.79 Å². The molecule has 0 aliphatic carbocycles. The summed E-state index contributed by atoms with van der Waals surface area (Å²) in [5.74, 6) is 1.51. The first-order valence-corrected chi connectivity index (χ1v) is 10.4. The SMILES string of the molecule is CCN(CC1CCN(c2ccccn2)CC1)C(=O)C(C)C(N)c1ccccc1.Cl.Cl. The Bertz CT molecular complexity index is 739. The van der Waals surface area contributed by atoms with Gasteiger partial charge in [-0.05, 0) is 43.4 Å². The molecule has 2 aromatic rings. The molecule has 1 saturated heterocycles. The number of aromatic nitrogens is 1. The van der Waals surface area contributed by atoms with Gasteiger partial charge in [-0.3, -0.25) is 4.79 Å². The lowest BCUT2D eigenvalue weighted by molar-refractivity contribution is -0.136. The standard InChI is InChI=1S/C23H32N4O.2ClH/c1-3-26(23(28)18(2)22(24)20-9-5-4-6-10-20)17-19-12-15-27(16-13-19)21-11-7-8-14-25-21;;/h4-11,14,18-19,22H,3,12-13,15-17,24H2,1-2H3;2*1H. The summed E-state index contributed by atoms with van der Waals surface area (Å²) < 4.78 is 0. The number of amides is 1. The maximum atomic E-state index is 13.1. The smallest absolute Gasteiger partial charge is 0.227 e. The Labute approximate surface area is 192 Å². The molecule has 2 atom stereocenters. The van der Waals surface area contributed by atoms with E-state index in [1.807, 2.05) is 60.5 Å². The van der Waals surface area contributed by atoms with Gasteiger partial charge < -0.3 is 15.5 Å². The van der Waals surface area contributed by atoms with E-state index in [1.165, 1.54) is 0 Å². The summed E-state index contributed by atoms with van der Waals surface area (Å²) in [5.41, 5.74) is 7.40. The van der Waals surface area contributed by atoms with Crippen molar-refractivity contribution in [3.05, 3.63) is 60.3 Å². The number of pyridine rings is 1. The first-order chi connectivity index (χ1) is 13.6. The van der Waals surface area contributed by atoms with Gasteiger partial charge in [0.05, 0.1) is 5.92 Å². The zero-order chi connectivity index (χ0) is 19.9. The van der Waals surface area contributed by atoms with Gasteiger partial charge in [-0.15, -0.1) is 24.8 Å². The van der Waals surface area contributed by atoms with Gasteiger partial charge in [0.1, 0.15) is 5.82 Å². The molecule has 2 N–H and O–H groups in total. The number of carbonyl (C=O) groups excluding carboxylic acids is 1. The highest BCUT2D eigenvalue weighted by Crippen LogP contribution is 2.25. The topological polar surface area (TPSA) is 62.5 Å². The van der Waals surface area contributed by atoms with Crippen LogP contribution in [0.1, 0.15) is 38.3 Å². The molecule has 2 heterocycles. The predicted octanol–water partition coefficient (Wildman–Crippen LogP) is 4.33. The second-order valence-electron chi connectivity index (χ2n) is 7.72. The van der Waals surface area contributed by atoms with E-state index in [0.717, 1.165) is 50.4 Å². The third kappa shape index (κ3) is 6.59. The van der Waals surface area contributed by atoms with E-state index >= 15 is 0 Å². The highest BCUT2D eigenvalue weighted by atomic mass is 35.5. The van der Waals surface area contributed by atoms with Crippen molar-refractivity contribution < 1.29 is 4.79 Å². The fourth-order valence-electron chi connectivity index (χ4n) is 3.98. The number of carbonyl (C=O) groups is 1. The summed E-state index contributed by atoms with van der Waals surface area (Å²) in [6, 6.07) is 15.7. The molecule has 0 spiro atoms. The molecule has 5 nitrogen and oxygen atoms in total. The van der Waals surface area contributed by atoms with Gasteiger partial charge in [0.25, 0.3) is 0 Å². The van der Waals surface area contributed by atoms with Crippen LogP contribution in [0.4, 0.5) is 5.82 Å². The molecule has 1 aromatic heterocycles. The second-order valence-corrected chi connectivity index (χ2v) is 7.72. The average molecular weight is 453 g/mol. The Morgan fingerprint density at radius 3 is 2.33 bits per heavy atom. The van der Waals surface area contributed by atoms with Gasteiger partial charge in [-0.2, -0.15) is 0 Å². The van der Waals surface area contributed by atoms with E-state index in [-0.39, 0.29) is 42.7 Å². The molecule has 1 aliphatic rings. The van der Waals surface area contributed by atoms with E-state index in [0.29, 0.717) is 5.92 Å². The molecule has 3 rings (SSSR count). The molecule has 0 bridgehead atoms. The van der Waals surface area contributed by atoms with Crippen LogP contribution in [0, 0.1) is 11.8 Å². The minimum atomic E-state index is -0.270. The van der Waals surface area contributed by atoms with Crippen LogP contribution >= 0.6 is 24.8 Å². The van der Waals surface area contributed by atoms with Crippen LogP contribution < -0.4 is 10.6 Å². The highest BCUT2D eigenvalue weighted by molar-refractivity contribution is 5.85. The molecule has 1 amide bonds. The van der Waals surface area contributed by atoms with E-state index < -0.39 is 0 Å². The van der Waals surface area contributed by atoms with Crippen LogP contribution in [0.15, 0.2) is 54.7 Å². The summed E-state index contributed by atoms with van der Waals surface area (Å²) >= 11 is 0. The summed E-state index contributed by atoms with van der Waals surface area (Å²) in [6.07, 6.45) is 4.01. The maximum absolute atomic E-state index is 13.1. The molecule has 2 unspecified atom stereocenters. The summed E-state index contributed by atoms with van der Waals surface area (Å²) in [5, 5.41) is 0. The van der Waals surface area contributed by atoms with Gasteiger partial charge in [-0.25, -0.2) is 4.98 Å². The summed E-state index contributed by atoms with van der Waals surface area (Å²) in [6.45, 7) is 7.54. The Kier molecular flexibility index (Phi) is 11.2. The van der Waals surface area contributed by atoms with E-state index in [4.69, 9.17) is 5.73 Å². The maximum Gasteiger partial charge on any atom is 0.227 e. The van der Waals surface area contributed by atoms with Gasteiger partial charge in [0.15, 0.2) is 0 Å². The lowest BCUT2D eigenvalue weighted by Gasteiger charge is -2.36. The van der Waals surface area contributed by atoms with Gasteiger partial charge >= 0.3 is 0 Å². The molecule has 1 aliphatic heterocycles. The third-order valence-corrected chi connectivity index (χ3v) is 5.87. The fraction of sp³-hybridized carbons (Fsp3) is 0.478. The van der Waals surface area contributed by atoms with E-state index in [2.05, 4.69) is 22.9 Å². The molecule has 7 heteroatoms. The molecule has 30 heavy (non-hydrogen) atoms. The molecule has 0 radical (unpaired) electrons. The van der Waals surface area contributed by atoms with Gasteiger partial charge in [0.2, 0.25) is 5.91 Å². The minimum Gasteiger partial charge on any atom is -0.357 e. The van der Waals surface area contributed by atoms with Crippen molar-refractivity contribution in [3.63, 3.8) is 0 Å². The molecule has 1 fully saturated rings. The van der Waals surface area contributed by atoms with Crippen LogP contribution in [0.2, 0.25) is 0 Å². The van der Waals surface area contributed by atoms with E-state index in [1.54, 1.807) is 0 Å². The predicted molar refractivity (Wildman–Crippen MR) is 128 cm³/mol. The van der Waals surface area contributed by atoms with Crippen molar-refractivity contribution in [1.82, 2.24) is 9.88 Å². The number of benzene rings is 1. The number of hydrogen-bond acceptors (Lipinski definition) is 4. The lowest BCUT2D eigenvalue weighted by Crippen LogP contribution is -2.44. The van der Waals surface area contributed by atoms with Crippen molar-refractivity contribution in [3.8, 4) is 0 Å². The fourth-order valence-corrected chi connectivity index (χ4v) is 3.98. The first kappa shape index (κ1) is 26.2. The number of nitrogens with zero attached hydrogens (tertiary/aromatic N) is 3. The van der Waals surface area contributed by atoms with E-state index in [9.17, 15) is 4.79 Å². The van der Waals surface area contributed by atoms with Crippen molar-refractivity contribution in [1.29, 1.82) is 0 Å². The number of rotatable bonds is 7. The molecule has 0 saturated carbocycles. The molecule has 1 aromatic carbocycles. The van der Waals surface area contributed by atoms with Crippen LogP contribution in [-0.4, -0.2) is 42.0 Å². The zero-order valence-corrected chi connectivity index (χ0v) is 19.4. The van der Waals surface area contributed by atoms with Crippen molar-refractivity contribution in [2.24, 2.45) is 17.6 Å². The minimum absolute atomic E-state index is 0. The van der Waals surface area contributed by atoms with Crippen molar-refractivity contribution in [2.45, 2.75) is 32.7 Å². The van der Waals surface area contributed by atoms with Crippen molar-refractivity contribution >= 4 is 36.5 Å². The average Bonchev–Trinajstić information content (AvgIpc) is 2.77. The first-order valence-electron chi connectivity index (χ1n) is 10.4. The number of piperidine rings is 1. The second kappa shape index (κ2) is 12.8. The van der Waals surface area contributed by atoms with Crippen LogP contribution in [0.3, 0.4) is 0 Å². The van der Waals surface area contributed by atoms with Crippen LogP contribution in [0.25, 0.3) is 0 Å². The summed E-state index contributed by atoms with van der Waals surface area (Å²) in [4.78, 5) is 21.9. The van der Waals surface area contributed by atoms with Gasteiger partial charge in [-0.1, -0.05) is 43.3 Å². The Hall–Kier alpha value is -1.82. The summed E-state index contributed by atoms with van der Waals surface area (Å²) in [7, 11) is 0. The Balaban J connectivity index is 0.00000225. The van der Waals surface area contributed by atoms with Gasteiger partial charge in [0, 0.05) is 38.4 Å². The van der Waals surface area contributed by atoms with Crippen molar-refractivity contribution in [2.75, 3.05) is 31.1 Å².